The van der Waals surface area contributed by atoms with Gasteiger partial charge in [0.15, 0.2) is 11.0 Å². The second-order valence-electron chi connectivity index (χ2n) is 7.37. The third kappa shape index (κ3) is 5.18. The lowest BCUT2D eigenvalue weighted by Crippen LogP contribution is -2.31. The van der Waals surface area contributed by atoms with Crippen LogP contribution in [0.1, 0.15) is 21.5 Å². The molecule has 0 atom stereocenters. The number of anilines is 1. The van der Waals surface area contributed by atoms with Gasteiger partial charge in [-0.3, -0.25) is 9.59 Å². The molecule has 0 fully saturated rings. The van der Waals surface area contributed by atoms with Crippen LogP contribution in [-0.2, 0) is 4.79 Å². The Kier molecular flexibility index (Phi) is 6.96. The summed E-state index contributed by atoms with van der Waals surface area (Å²) in [5.41, 5.74) is 3.39. The molecule has 1 heterocycles. The number of aryl methyl sites for hydroxylation is 1. The van der Waals surface area contributed by atoms with Crippen molar-refractivity contribution in [2.24, 2.45) is 4.99 Å². The highest BCUT2D eigenvalue weighted by Gasteiger charge is 2.34. The lowest BCUT2D eigenvalue weighted by Gasteiger charge is -2.20. The Balaban J connectivity index is 1.66. The van der Waals surface area contributed by atoms with Crippen LogP contribution in [0.2, 0.25) is 5.02 Å². The van der Waals surface area contributed by atoms with Gasteiger partial charge < -0.3 is 4.74 Å². The highest BCUT2D eigenvalue weighted by molar-refractivity contribution is 8.14. The van der Waals surface area contributed by atoms with Crippen molar-refractivity contribution in [3.8, 4) is 5.75 Å². The molecule has 166 valence electrons. The normalized spacial score (nSPS) is 14.5. The number of carbonyl (C=O) groups excluding carboxylic acids is 2. The average molecular weight is 477 g/mol. The molecule has 0 spiro atoms. The van der Waals surface area contributed by atoms with Crippen LogP contribution in [0.3, 0.4) is 0 Å². The molecule has 1 aliphatic rings. The summed E-state index contributed by atoms with van der Waals surface area (Å²) in [6, 6.07) is 21.8. The number of methoxy groups -OCH3 is 1. The van der Waals surface area contributed by atoms with Crippen molar-refractivity contribution in [1.29, 1.82) is 0 Å². The maximum Gasteiger partial charge on any atom is 0.283 e. The summed E-state index contributed by atoms with van der Waals surface area (Å²) >= 11 is 7.13. The van der Waals surface area contributed by atoms with Crippen LogP contribution in [0, 0.1) is 6.92 Å². The molecule has 1 amide bonds. The fourth-order valence-electron chi connectivity index (χ4n) is 3.39. The first-order valence-corrected chi connectivity index (χ1v) is 11.6. The molecular formula is C26H21ClN2O3S. The van der Waals surface area contributed by atoms with E-state index < -0.39 is 0 Å². The molecule has 5 nitrogen and oxygen atoms in total. The smallest absolute Gasteiger partial charge is 0.283 e. The zero-order chi connectivity index (χ0) is 23.4. The predicted octanol–water partition coefficient (Wildman–Crippen LogP) is 6.02. The number of carbonyl (C=O) groups is 2. The second-order valence-corrected chi connectivity index (χ2v) is 8.75. The fraction of sp³-hybridized carbons (Fsp3) is 0.115. The van der Waals surface area contributed by atoms with Crippen LogP contribution < -0.4 is 9.64 Å². The van der Waals surface area contributed by atoms with Crippen molar-refractivity contribution >= 4 is 52.0 Å². The number of ether oxygens (including phenoxy) is 1. The van der Waals surface area contributed by atoms with Crippen molar-refractivity contribution < 1.29 is 14.3 Å². The highest BCUT2D eigenvalue weighted by atomic mass is 35.5. The molecule has 0 aromatic heterocycles. The molecule has 4 rings (SSSR count). The number of aliphatic imine (C=N–C) groups is 1. The number of rotatable bonds is 6. The number of amides is 1. The summed E-state index contributed by atoms with van der Waals surface area (Å²) in [4.78, 5) is 32.2. The maximum absolute atomic E-state index is 13.4. The van der Waals surface area contributed by atoms with Gasteiger partial charge in [0, 0.05) is 10.6 Å². The first-order valence-electron chi connectivity index (χ1n) is 10.2. The van der Waals surface area contributed by atoms with Crippen LogP contribution in [-0.4, -0.2) is 29.7 Å². The minimum atomic E-state index is -0.276. The van der Waals surface area contributed by atoms with Crippen molar-refractivity contribution in [3.63, 3.8) is 0 Å². The van der Waals surface area contributed by atoms with E-state index in [-0.39, 0.29) is 17.4 Å². The first kappa shape index (κ1) is 22.8. The molecule has 33 heavy (non-hydrogen) atoms. The summed E-state index contributed by atoms with van der Waals surface area (Å²) in [5.74, 6) is 0.308. The van der Waals surface area contributed by atoms with Crippen molar-refractivity contribution in [3.05, 3.63) is 100 Å². The summed E-state index contributed by atoms with van der Waals surface area (Å²) in [7, 11) is 1.55. The van der Waals surface area contributed by atoms with E-state index in [1.165, 1.54) is 16.7 Å². The van der Waals surface area contributed by atoms with Crippen LogP contribution in [0.4, 0.5) is 5.69 Å². The molecule has 7 heteroatoms. The zero-order valence-corrected chi connectivity index (χ0v) is 19.7. The molecule has 0 N–H and O–H groups in total. The van der Waals surface area contributed by atoms with E-state index in [0.29, 0.717) is 32.9 Å². The summed E-state index contributed by atoms with van der Waals surface area (Å²) in [5, 5.41) is 0.990. The number of thioether (sulfide) groups is 1. The zero-order valence-electron chi connectivity index (χ0n) is 18.1. The number of nitrogens with zero attached hydrogens (tertiary/aromatic N) is 2. The second kappa shape index (κ2) is 10.1. The van der Waals surface area contributed by atoms with Crippen LogP contribution >= 0.6 is 23.4 Å². The Morgan fingerprint density at radius 3 is 2.58 bits per heavy atom. The molecule has 0 unspecified atom stereocenters. The van der Waals surface area contributed by atoms with Crippen LogP contribution in [0.15, 0.2) is 83.5 Å². The van der Waals surface area contributed by atoms with E-state index in [1.807, 2.05) is 43.3 Å². The van der Waals surface area contributed by atoms with E-state index >= 15 is 0 Å². The van der Waals surface area contributed by atoms with E-state index in [1.54, 1.807) is 49.6 Å². The SMILES string of the molecule is COc1ccccc1N1C(=O)/C(=C/c2cccc(C)c2)N=C1SCC(=O)c1ccc(Cl)cc1. The van der Waals surface area contributed by atoms with Crippen molar-refractivity contribution in [2.75, 3.05) is 17.8 Å². The Morgan fingerprint density at radius 1 is 1.09 bits per heavy atom. The molecule has 0 radical (unpaired) electrons. The number of ketones is 1. The quantitative estimate of drug-likeness (QED) is 0.322. The Hall–Kier alpha value is -3.35. The van der Waals surface area contributed by atoms with E-state index in [0.717, 1.165) is 11.1 Å². The van der Waals surface area contributed by atoms with Gasteiger partial charge in [-0.05, 0) is 55.0 Å². The van der Waals surface area contributed by atoms with Crippen LogP contribution in [0.25, 0.3) is 6.08 Å². The molecule has 0 aliphatic carbocycles. The minimum Gasteiger partial charge on any atom is -0.495 e. The maximum atomic E-state index is 13.4. The Morgan fingerprint density at radius 2 is 1.85 bits per heavy atom. The van der Waals surface area contributed by atoms with Gasteiger partial charge in [-0.25, -0.2) is 9.89 Å². The third-order valence-electron chi connectivity index (χ3n) is 5.00. The van der Waals surface area contributed by atoms with Gasteiger partial charge >= 0.3 is 0 Å². The van der Waals surface area contributed by atoms with Crippen molar-refractivity contribution in [1.82, 2.24) is 0 Å². The van der Waals surface area contributed by atoms with Gasteiger partial charge in [-0.15, -0.1) is 0 Å². The number of benzene rings is 3. The summed E-state index contributed by atoms with van der Waals surface area (Å²) < 4.78 is 5.47. The lowest BCUT2D eigenvalue weighted by atomic mass is 10.1. The Labute approximate surface area is 201 Å². The highest BCUT2D eigenvalue weighted by Crippen LogP contribution is 2.35. The number of hydrogen-bond acceptors (Lipinski definition) is 5. The van der Waals surface area contributed by atoms with Crippen LogP contribution in [0.5, 0.6) is 5.75 Å². The molecular weight excluding hydrogens is 456 g/mol. The molecule has 0 bridgehead atoms. The van der Waals surface area contributed by atoms with E-state index in [2.05, 4.69) is 4.99 Å². The van der Waals surface area contributed by atoms with Crippen molar-refractivity contribution in [2.45, 2.75) is 6.92 Å². The number of halogens is 1. The largest absolute Gasteiger partial charge is 0.495 e. The van der Waals surface area contributed by atoms with E-state index in [9.17, 15) is 9.59 Å². The number of Topliss-reactive ketones (excluding diaryl/α,β-unsaturated/α-hetero) is 1. The number of para-hydroxylation sites is 2. The van der Waals surface area contributed by atoms with Gasteiger partial charge in [0.25, 0.3) is 5.91 Å². The standard InChI is InChI=1S/C26H21ClN2O3S/c1-17-6-5-7-18(14-17)15-21-25(31)29(22-8-3-4-9-24(22)32-2)26(28-21)33-16-23(30)19-10-12-20(27)13-11-19/h3-15H,16H2,1-2H3/b21-15-. The van der Waals surface area contributed by atoms with Gasteiger partial charge in [-0.1, -0.05) is 65.3 Å². The summed E-state index contributed by atoms with van der Waals surface area (Å²) in [6.45, 7) is 1.99. The average Bonchev–Trinajstić information content (AvgIpc) is 3.12. The van der Waals surface area contributed by atoms with Gasteiger partial charge in [0.2, 0.25) is 0 Å². The van der Waals surface area contributed by atoms with E-state index in [4.69, 9.17) is 16.3 Å². The fourth-order valence-corrected chi connectivity index (χ4v) is 4.41. The Bertz CT molecular complexity index is 1270. The molecule has 3 aromatic carbocycles. The van der Waals surface area contributed by atoms with Gasteiger partial charge in [-0.2, -0.15) is 0 Å². The topological polar surface area (TPSA) is 59.0 Å². The molecule has 1 aliphatic heterocycles. The summed E-state index contributed by atoms with van der Waals surface area (Å²) in [6.07, 6.45) is 1.76. The lowest BCUT2D eigenvalue weighted by molar-refractivity contribution is -0.113. The molecule has 3 aromatic rings. The molecule has 0 saturated carbocycles. The predicted molar refractivity (Wildman–Crippen MR) is 135 cm³/mol. The molecule has 0 saturated heterocycles. The van der Waals surface area contributed by atoms with Gasteiger partial charge in [0.05, 0.1) is 18.6 Å². The van der Waals surface area contributed by atoms with Gasteiger partial charge in [0.1, 0.15) is 11.4 Å². The minimum absolute atomic E-state index is 0.0806. The number of amidine groups is 1. The number of hydrogen-bond donors (Lipinski definition) is 0. The monoisotopic (exact) mass is 476 g/mol. The third-order valence-corrected chi connectivity index (χ3v) is 6.19. The first-order chi connectivity index (χ1) is 16.0.